The van der Waals surface area contributed by atoms with Crippen LogP contribution in [0.3, 0.4) is 0 Å². The molecule has 42 heavy (non-hydrogen) atoms. The van der Waals surface area contributed by atoms with Crippen molar-refractivity contribution in [3.8, 4) is 0 Å². The second-order valence-corrected chi connectivity index (χ2v) is 11.5. The van der Waals surface area contributed by atoms with Crippen molar-refractivity contribution in [1.82, 2.24) is 46.1 Å². The predicted molar refractivity (Wildman–Crippen MR) is 161 cm³/mol. The van der Waals surface area contributed by atoms with Gasteiger partial charge in [0.15, 0.2) is 5.66 Å². The Morgan fingerprint density at radius 2 is 1.60 bits per heavy atom. The lowest BCUT2D eigenvalue weighted by Gasteiger charge is -2.49. The average molecular weight is 566 g/mol. The summed E-state index contributed by atoms with van der Waals surface area (Å²) in [5.41, 5.74) is 3.09. The van der Waals surface area contributed by atoms with E-state index in [2.05, 4.69) is 48.1 Å². The van der Waals surface area contributed by atoms with Gasteiger partial charge in [0, 0.05) is 60.3 Å². The van der Waals surface area contributed by atoms with Gasteiger partial charge in [-0.15, -0.1) is 0 Å². The van der Waals surface area contributed by atoms with E-state index in [0.29, 0.717) is 30.3 Å². The summed E-state index contributed by atoms with van der Waals surface area (Å²) in [5, 5.41) is 16.0. The van der Waals surface area contributed by atoms with E-state index in [9.17, 15) is 9.59 Å². The van der Waals surface area contributed by atoms with Gasteiger partial charge < -0.3 is 30.8 Å². The number of unbranched alkanes of at least 4 members (excludes halogenated alkanes) is 1. The van der Waals surface area contributed by atoms with Gasteiger partial charge in [-0.05, 0) is 68.0 Å². The van der Waals surface area contributed by atoms with E-state index in [1.54, 1.807) is 24.3 Å². The van der Waals surface area contributed by atoms with Crippen LogP contribution in [0.1, 0.15) is 50.2 Å². The summed E-state index contributed by atoms with van der Waals surface area (Å²) >= 11 is 0. The maximum absolute atomic E-state index is 13.9. The molecule has 3 fully saturated rings. The SMILES string of the molecule is CCCCC1(C2(NCC3CC3)NC(=Cc3c[nH]c4ncccc34)C(=O)N2C)NC(=O)C(=Cc2c[nH]c3ncccc23)N1. The molecule has 216 valence electrons. The molecule has 1 saturated carbocycles. The molecule has 2 saturated heterocycles. The molecule has 0 aromatic carbocycles. The second-order valence-electron chi connectivity index (χ2n) is 11.5. The van der Waals surface area contributed by atoms with E-state index in [1.165, 1.54) is 0 Å². The summed E-state index contributed by atoms with van der Waals surface area (Å²) in [7, 11) is 1.79. The third kappa shape index (κ3) is 4.23. The number of hydrogen-bond acceptors (Lipinski definition) is 7. The van der Waals surface area contributed by atoms with E-state index in [4.69, 9.17) is 0 Å². The van der Waals surface area contributed by atoms with Crippen LogP contribution in [0.4, 0.5) is 0 Å². The number of hydrogen-bond donors (Lipinski definition) is 6. The number of rotatable bonds is 9. The highest BCUT2D eigenvalue weighted by Gasteiger charge is 2.63. The van der Waals surface area contributed by atoms with Crippen LogP contribution in [0.25, 0.3) is 34.2 Å². The Hall–Kier alpha value is -4.64. The van der Waals surface area contributed by atoms with E-state index < -0.39 is 11.4 Å². The number of carbonyl (C=O) groups excluding carboxylic acids is 2. The molecular weight excluding hydrogens is 530 g/mol. The maximum Gasteiger partial charge on any atom is 0.272 e. The molecular formula is C31H35N9O2. The van der Waals surface area contributed by atoms with Gasteiger partial charge >= 0.3 is 0 Å². The fourth-order valence-corrected chi connectivity index (χ4v) is 6.20. The summed E-state index contributed by atoms with van der Waals surface area (Å²) in [6.45, 7) is 2.84. The van der Waals surface area contributed by atoms with Crippen molar-refractivity contribution in [2.75, 3.05) is 13.6 Å². The van der Waals surface area contributed by atoms with Crippen LogP contribution >= 0.6 is 0 Å². The standard InChI is InChI=1S/C31H35N9O2/c1-3-4-11-30(37-24(28(41)39-30)14-20-17-34-26-22(20)7-5-12-32-26)31(36-16-19-9-10-19)38-25(29(42)40(31)2)15-21-18-35-27-23(21)8-6-13-33-27/h5-8,12-15,17-19,36-38H,3-4,9-11,16H2,1-2H3,(H,32,34)(H,33,35)(H,39,41). The number of carbonyl (C=O) groups is 2. The van der Waals surface area contributed by atoms with Gasteiger partial charge in [0.05, 0.1) is 0 Å². The van der Waals surface area contributed by atoms with E-state index >= 15 is 0 Å². The Morgan fingerprint density at radius 1 is 0.952 bits per heavy atom. The predicted octanol–water partition coefficient (Wildman–Crippen LogP) is 3.14. The summed E-state index contributed by atoms with van der Waals surface area (Å²) in [4.78, 5) is 44.5. The van der Waals surface area contributed by atoms with E-state index in [0.717, 1.165) is 58.9 Å². The normalized spacial score (nSPS) is 26.0. The minimum absolute atomic E-state index is 0.163. The highest BCUT2D eigenvalue weighted by Crippen LogP contribution is 2.39. The van der Waals surface area contributed by atoms with Crippen molar-refractivity contribution < 1.29 is 9.59 Å². The summed E-state index contributed by atoms with van der Waals surface area (Å²) in [6.07, 6.45) is 15.5. The van der Waals surface area contributed by atoms with Crippen LogP contribution in [0.15, 0.2) is 60.4 Å². The Labute approximate surface area is 243 Å². The molecule has 0 radical (unpaired) electrons. The van der Waals surface area contributed by atoms with Crippen molar-refractivity contribution in [2.45, 2.75) is 50.5 Å². The molecule has 11 nitrogen and oxygen atoms in total. The first-order valence-corrected chi connectivity index (χ1v) is 14.6. The quantitative estimate of drug-likeness (QED) is 0.171. The topological polar surface area (TPSA) is 143 Å². The zero-order chi connectivity index (χ0) is 28.9. The smallest absolute Gasteiger partial charge is 0.272 e. The minimum atomic E-state index is -1.12. The number of aromatic amines is 2. The monoisotopic (exact) mass is 565 g/mol. The van der Waals surface area contributed by atoms with Crippen molar-refractivity contribution in [2.24, 2.45) is 5.92 Å². The minimum Gasteiger partial charge on any atom is -0.354 e. The molecule has 7 rings (SSSR count). The maximum atomic E-state index is 13.9. The van der Waals surface area contributed by atoms with Gasteiger partial charge in [-0.2, -0.15) is 0 Å². The molecule has 2 amide bonds. The third-order valence-electron chi connectivity index (χ3n) is 8.71. The lowest BCUT2D eigenvalue weighted by molar-refractivity contribution is -0.134. The molecule has 0 bridgehead atoms. The number of nitrogens with zero attached hydrogens (tertiary/aromatic N) is 3. The fraction of sp³-hybridized carbons (Fsp3) is 0.355. The lowest BCUT2D eigenvalue weighted by atomic mass is 9.93. The summed E-state index contributed by atoms with van der Waals surface area (Å²) in [6, 6.07) is 7.71. The zero-order valence-corrected chi connectivity index (χ0v) is 23.8. The van der Waals surface area contributed by atoms with E-state index in [1.807, 2.05) is 48.8 Å². The average Bonchev–Trinajstić information content (AvgIpc) is 3.36. The number of likely N-dealkylation sites (N-methyl/N-ethyl adjacent to an activating group) is 1. The number of nitrogens with one attached hydrogen (secondary N) is 6. The molecule has 11 heteroatoms. The Balaban J connectivity index is 1.31. The van der Waals surface area contributed by atoms with Crippen LogP contribution in [0, 0.1) is 5.92 Å². The highest BCUT2D eigenvalue weighted by molar-refractivity contribution is 6.04. The second kappa shape index (κ2) is 10.0. The van der Waals surface area contributed by atoms with Crippen LogP contribution < -0.4 is 21.3 Å². The van der Waals surface area contributed by atoms with Crippen molar-refractivity contribution in [3.63, 3.8) is 0 Å². The van der Waals surface area contributed by atoms with Gasteiger partial charge in [-0.3, -0.25) is 14.9 Å². The van der Waals surface area contributed by atoms with Gasteiger partial charge in [0.1, 0.15) is 22.7 Å². The number of H-pyrrole nitrogens is 2. The number of aromatic nitrogens is 4. The molecule has 2 aliphatic heterocycles. The summed E-state index contributed by atoms with van der Waals surface area (Å²) in [5.74, 6) is -0.970. The van der Waals surface area contributed by atoms with Gasteiger partial charge in [-0.25, -0.2) is 9.97 Å². The number of pyridine rings is 2. The van der Waals surface area contributed by atoms with Gasteiger partial charge in [-0.1, -0.05) is 13.3 Å². The Bertz CT molecular complexity index is 1750. The largest absolute Gasteiger partial charge is 0.354 e. The zero-order valence-electron chi connectivity index (χ0n) is 23.8. The molecule has 4 aromatic rings. The molecule has 0 spiro atoms. The van der Waals surface area contributed by atoms with Crippen molar-refractivity contribution in [1.29, 1.82) is 0 Å². The first kappa shape index (κ1) is 26.3. The summed E-state index contributed by atoms with van der Waals surface area (Å²) < 4.78 is 0. The number of fused-ring (bicyclic) bond motifs is 2. The third-order valence-corrected chi connectivity index (χ3v) is 8.71. The molecule has 2 atom stereocenters. The molecule has 6 heterocycles. The molecule has 4 aromatic heterocycles. The van der Waals surface area contributed by atoms with Crippen molar-refractivity contribution >= 4 is 46.0 Å². The Kier molecular flexibility index (Phi) is 6.27. The van der Waals surface area contributed by atoms with Crippen LogP contribution in [-0.4, -0.2) is 61.7 Å². The van der Waals surface area contributed by atoms with E-state index in [-0.39, 0.29) is 11.8 Å². The molecule has 6 N–H and O–H groups in total. The Morgan fingerprint density at radius 3 is 2.21 bits per heavy atom. The lowest BCUT2D eigenvalue weighted by Crippen LogP contribution is -2.81. The van der Waals surface area contributed by atoms with Gasteiger partial charge in [0.25, 0.3) is 11.8 Å². The molecule has 2 unspecified atom stereocenters. The fourth-order valence-electron chi connectivity index (χ4n) is 6.20. The van der Waals surface area contributed by atoms with Crippen LogP contribution in [0.5, 0.6) is 0 Å². The van der Waals surface area contributed by atoms with Crippen LogP contribution in [0.2, 0.25) is 0 Å². The van der Waals surface area contributed by atoms with Crippen molar-refractivity contribution in [3.05, 3.63) is 71.6 Å². The van der Waals surface area contributed by atoms with Gasteiger partial charge in [0.2, 0.25) is 5.79 Å². The highest BCUT2D eigenvalue weighted by atomic mass is 16.2. The number of amides is 2. The molecule has 3 aliphatic rings. The first-order chi connectivity index (χ1) is 20.4. The first-order valence-electron chi connectivity index (χ1n) is 14.6. The van der Waals surface area contributed by atoms with Crippen LogP contribution in [-0.2, 0) is 9.59 Å². The molecule has 1 aliphatic carbocycles.